The van der Waals surface area contributed by atoms with Gasteiger partial charge in [-0.25, -0.2) is 9.37 Å². The highest BCUT2D eigenvalue weighted by Crippen LogP contribution is 2.48. The first-order valence-corrected chi connectivity index (χ1v) is 11.1. The number of hydrogen-bond acceptors (Lipinski definition) is 5. The van der Waals surface area contributed by atoms with E-state index in [2.05, 4.69) is 4.98 Å². The number of aliphatic hydroxyl groups is 1. The quantitative estimate of drug-likeness (QED) is 0.537. The summed E-state index contributed by atoms with van der Waals surface area (Å²) in [5.41, 5.74) is -0.517. The zero-order valence-electron chi connectivity index (χ0n) is 19.6. The Morgan fingerprint density at radius 1 is 1.15 bits per heavy atom. The first-order chi connectivity index (χ1) is 16.0. The molecule has 0 saturated heterocycles. The molecule has 1 N–H and O–H groups in total. The lowest BCUT2D eigenvalue weighted by Gasteiger charge is -2.38. The highest BCUT2D eigenvalue weighted by Gasteiger charge is 2.54. The van der Waals surface area contributed by atoms with E-state index in [0.717, 1.165) is 5.69 Å². The number of aryl methyl sites for hydroxylation is 1. The molecule has 0 saturated carbocycles. The predicted molar refractivity (Wildman–Crippen MR) is 126 cm³/mol. The maximum atomic E-state index is 15.8. The summed E-state index contributed by atoms with van der Waals surface area (Å²) in [5.74, 6) is -0.738. The summed E-state index contributed by atoms with van der Waals surface area (Å²) in [6, 6.07) is 13.1. The molecule has 2 heterocycles. The lowest BCUT2D eigenvalue weighted by Crippen LogP contribution is -2.46. The summed E-state index contributed by atoms with van der Waals surface area (Å²) in [5, 5.41) is 11.0. The lowest BCUT2D eigenvalue weighted by atomic mass is 9.89. The molecule has 178 valence electrons. The molecule has 1 aliphatic rings. The number of carbonyl (C=O) groups excluding carboxylic acids is 1. The minimum atomic E-state index is -1.57. The van der Waals surface area contributed by atoms with Crippen LogP contribution in [0.25, 0.3) is 0 Å². The largest absolute Gasteiger partial charge is 0.481 e. The van der Waals surface area contributed by atoms with E-state index >= 15 is 4.39 Å². The van der Waals surface area contributed by atoms with Crippen LogP contribution in [-0.4, -0.2) is 35.1 Å². The Morgan fingerprint density at radius 2 is 1.82 bits per heavy atom. The molecule has 0 spiro atoms. The van der Waals surface area contributed by atoms with E-state index < -0.39 is 23.1 Å². The van der Waals surface area contributed by atoms with Crippen molar-refractivity contribution in [2.45, 2.75) is 38.6 Å². The van der Waals surface area contributed by atoms with Gasteiger partial charge in [0.05, 0.1) is 30.4 Å². The van der Waals surface area contributed by atoms with Crippen LogP contribution in [-0.2, 0) is 22.6 Å². The average molecular weight is 485 g/mol. The number of halogens is 2. The number of rotatable bonds is 6. The van der Waals surface area contributed by atoms with Crippen molar-refractivity contribution in [3.05, 3.63) is 92.9 Å². The number of hydrogen-bond donors (Lipinski definition) is 1. The fourth-order valence-electron chi connectivity index (χ4n) is 4.41. The molecule has 0 bridgehead atoms. The van der Waals surface area contributed by atoms with Crippen molar-refractivity contribution in [3.8, 4) is 5.88 Å². The number of aromatic nitrogens is 1. The van der Waals surface area contributed by atoms with Crippen molar-refractivity contribution in [1.82, 2.24) is 9.88 Å². The summed E-state index contributed by atoms with van der Waals surface area (Å²) in [6.45, 7) is 4.95. The third kappa shape index (κ3) is 3.83. The molecule has 1 aliphatic heterocycles. The molecule has 2 aromatic carbocycles. The van der Waals surface area contributed by atoms with Crippen LogP contribution in [0.3, 0.4) is 0 Å². The average Bonchev–Trinajstić information content (AvgIpc) is 3.03. The van der Waals surface area contributed by atoms with Gasteiger partial charge in [-0.3, -0.25) is 9.69 Å². The fourth-order valence-corrected chi connectivity index (χ4v) is 4.54. The van der Waals surface area contributed by atoms with Crippen molar-refractivity contribution in [3.63, 3.8) is 0 Å². The second-order valence-corrected chi connectivity index (χ2v) is 9.24. The maximum absolute atomic E-state index is 15.8. The minimum absolute atomic E-state index is 0.0394. The molecule has 1 aromatic heterocycles. The van der Waals surface area contributed by atoms with Crippen LogP contribution in [0, 0.1) is 12.7 Å². The van der Waals surface area contributed by atoms with E-state index in [1.165, 1.54) is 45.1 Å². The molecule has 0 aliphatic carbocycles. The Bertz CT molecular complexity index is 1260. The zero-order chi connectivity index (χ0) is 24.8. The normalized spacial score (nSPS) is 17.8. The van der Waals surface area contributed by atoms with Gasteiger partial charge in [-0.1, -0.05) is 29.8 Å². The van der Waals surface area contributed by atoms with E-state index in [1.54, 1.807) is 24.3 Å². The first-order valence-electron chi connectivity index (χ1n) is 10.7. The fraction of sp³-hybridized carbons (Fsp3) is 0.308. The number of pyridine rings is 1. The van der Waals surface area contributed by atoms with Crippen LogP contribution >= 0.6 is 11.6 Å². The molecule has 4 rings (SSSR count). The van der Waals surface area contributed by atoms with Crippen molar-refractivity contribution >= 4 is 17.5 Å². The topological polar surface area (TPSA) is 71.9 Å². The van der Waals surface area contributed by atoms with Gasteiger partial charge in [0.15, 0.2) is 5.72 Å². The molecule has 6 nitrogen and oxygen atoms in total. The van der Waals surface area contributed by atoms with Crippen LogP contribution in [0.15, 0.2) is 48.5 Å². The van der Waals surface area contributed by atoms with Crippen LogP contribution in [0.4, 0.5) is 4.39 Å². The Labute approximate surface area is 202 Å². The van der Waals surface area contributed by atoms with E-state index in [4.69, 9.17) is 21.1 Å². The molecule has 0 fully saturated rings. The predicted octanol–water partition coefficient (Wildman–Crippen LogP) is 4.92. The third-order valence-electron chi connectivity index (χ3n) is 6.12. The molecule has 3 aromatic rings. The molecule has 8 heteroatoms. The standard InChI is InChI=1S/C26H26ClFN2O4/c1-15-6-7-16(23(29-15)33-4)14-30-24(31)20-12-18(25(2,3)32)13-21(28)22(20)26(30,34-5)17-8-10-19(27)11-9-17/h6-13,32H,14H2,1-5H3/t26-/m1/s1. The molecular weight excluding hydrogens is 459 g/mol. The van der Waals surface area contributed by atoms with Crippen LogP contribution in [0.2, 0.25) is 5.02 Å². The smallest absolute Gasteiger partial charge is 0.257 e. The van der Waals surface area contributed by atoms with Gasteiger partial charge in [-0.15, -0.1) is 0 Å². The van der Waals surface area contributed by atoms with Gasteiger partial charge in [0.25, 0.3) is 5.91 Å². The summed E-state index contributed by atoms with van der Waals surface area (Å²) in [7, 11) is 2.93. The summed E-state index contributed by atoms with van der Waals surface area (Å²) < 4.78 is 27.2. The van der Waals surface area contributed by atoms with Crippen molar-refractivity contribution in [1.29, 1.82) is 0 Å². The SMILES string of the molecule is COc1nc(C)ccc1CN1C(=O)c2cc(C(C)(C)O)cc(F)c2[C@]1(OC)c1ccc(Cl)cc1. The van der Waals surface area contributed by atoms with Gasteiger partial charge in [-0.05, 0) is 56.7 Å². The highest BCUT2D eigenvalue weighted by atomic mass is 35.5. The first kappa shape index (κ1) is 24.1. The highest BCUT2D eigenvalue weighted by molar-refractivity contribution is 6.30. The number of nitrogens with zero attached hydrogens (tertiary/aromatic N) is 2. The van der Waals surface area contributed by atoms with Gasteiger partial charge in [-0.2, -0.15) is 0 Å². The summed E-state index contributed by atoms with van der Waals surface area (Å²) >= 11 is 6.11. The van der Waals surface area contributed by atoms with Gasteiger partial charge in [0, 0.05) is 29.0 Å². The van der Waals surface area contributed by atoms with Crippen molar-refractivity contribution in [2.24, 2.45) is 0 Å². The number of carbonyl (C=O) groups is 1. The molecular formula is C26H26ClFN2O4. The Morgan fingerprint density at radius 3 is 2.41 bits per heavy atom. The van der Waals surface area contributed by atoms with E-state index in [9.17, 15) is 9.90 Å². The number of ether oxygens (including phenoxy) is 2. The molecule has 34 heavy (non-hydrogen) atoms. The summed E-state index contributed by atoms with van der Waals surface area (Å²) in [4.78, 5) is 19.7. The number of methoxy groups -OCH3 is 2. The third-order valence-corrected chi connectivity index (χ3v) is 6.37. The Hall–Kier alpha value is -3.00. The zero-order valence-corrected chi connectivity index (χ0v) is 20.4. The van der Waals surface area contributed by atoms with Gasteiger partial charge in [0.2, 0.25) is 5.88 Å². The van der Waals surface area contributed by atoms with Crippen LogP contribution in [0.1, 0.15) is 52.2 Å². The lowest BCUT2D eigenvalue weighted by molar-refractivity contribution is -0.0883. The molecule has 0 radical (unpaired) electrons. The number of benzene rings is 2. The minimum Gasteiger partial charge on any atom is -0.481 e. The van der Waals surface area contributed by atoms with Crippen molar-refractivity contribution in [2.75, 3.05) is 14.2 Å². The van der Waals surface area contributed by atoms with E-state index in [1.807, 2.05) is 19.1 Å². The monoisotopic (exact) mass is 484 g/mol. The van der Waals surface area contributed by atoms with Gasteiger partial charge < -0.3 is 14.6 Å². The Kier molecular flexibility index (Phi) is 6.14. The van der Waals surface area contributed by atoms with E-state index in [-0.39, 0.29) is 23.2 Å². The second-order valence-electron chi connectivity index (χ2n) is 8.81. The number of amides is 1. The molecule has 1 amide bonds. The number of fused-ring (bicyclic) bond motifs is 1. The van der Waals surface area contributed by atoms with Crippen LogP contribution < -0.4 is 4.74 Å². The second kappa shape index (κ2) is 8.65. The summed E-state index contributed by atoms with van der Waals surface area (Å²) in [6.07, 6.45) is 0. The Balaban J connectivity index is 1.98. The maximum Gasteiger partial charge on any atom is 0.257 e. The van der Waals surface area contributed by atoms with E-state index in [0.29, 0.717) is 22.0 Å². The van der Waals surface area contributed by atoms with Crippen molar-refractivity contribution < 1.29 is 23.8 Å². The van der Waals surface area contributed by atoms with Gasteiger partial charge in [0.1, 0.15) is 5.82 Å². The molecule has 0 unspecified atom stereocenters. The van der Waals surface area contributed by atoms with Gasteiger partial charge >= 0.3 is 0 Å². The van der Waals surface area contributed by atoms with Crippen LogP contribution in [0.5, 0.6) is 5.88 Å². The molecule has 1 atom stereocenters.